The third-order valence-corrected chi connectivity index (χ3v) is 14.9. The van der Waals surface area contributed by atoms with Crippen molar-refractivity contribution in [3.05, 3.63) is 122 Å². The fraction of sp³-hybridized carbons (Fsp3) is 0.701. The Morgan fingerprint density at radius 2 is 0.470 bits per heavy atom. The smallest absolute Gasteiger partial charge is 0.306 e. The molecule has 0 fully saturated rings. The van der Waals surface area contributed by atoms with Crippen LogP contribution in [0.25, 0.3) is 0 Å². The molecule has 0 bridgehead atoms. The molecule has 0 aromatic heterocycles. The molecule has 0 aliphatic carbocycles. The maximum atomic E-state index is 13.0. The number of ether oxygens (including phenoxy) is 3. The molecule has 0 radical (unpaired) electrons. The summed E-state index contributed by atoms with van der Waals surface area (Å²) in [6.07, 6.45) is 97.8. The van der Waals surface area contributed by atoms with Crippen LogP contribution in [0.1, 0.15) is 329 Å². The van der Waals surface area contributed by atoms with Crippen LogP contribution in [-0.2, 0) is 28.6 Å². The van der Waals surface area contributed by atoms with Crippen LogP contribution in [0.2, 0.25) is 0 Å². The first-order chi connectivity index (χ1) is 41.0. The zero-order valence-electron chi connectivity index (χ0n) is 54.4. The molecule has 0 saturated heterocycles. The van der Waals surface area contributed by atoms with E-state index in [1.165, 1.54) is 173 Å². The molecule has 0 amide bonds. The number of hydrogen-bond acceptors (Lipinski definition) is 6. The van der Waals surface area contributed by atoms with Gasteiger partial charge in [0.05, 0.1) is 0 Å². The van der Waals surface area contributed by atoms with E-state index in [2.05, 4.69) is 142 Å². The van der Waals surface area contributed by atoms with Gasteiger partial charge in [0, 0.05) is 19.3 Å². The fourth-order valence-corrected chi connectivity index (χ4v) is 9.68. The normalized spacial score (nSPS) is 12.9. The molecule has 0 saturated carbocycles. The molecule has 474 valence electrons. The Morgan fingerprint density at radius 3 is 0.771 bits per heavy atom. The summed E-state index contributed by atoms with van der Waals surface area (Å²) < 4.78 is 17.0. The second-order valence-electron chi connectivity index (χ2n) is 23.1. The van der Waals surface area contributed by atoms with Crippen molar-refractivity contribution in [2.24, 2.45) is 0 Å². The summed E-state index contributed by atoms with van der Waals surface area (Å²) >= 11 is 0. The van der Waals surface area contributed by atoms with Crippen molar-refractivity contribution in [2.45, 2.75) is 335 Å². The molecule has 0 aromatic carbocycles. The van der Waals surface area contributed by atoms with Crippen molar-refractivity contribution in [3.8, 4) is 0 Å². The summed E-state index contributed by atoms with van der Waals surface area (Å²) in [5.41, 5.74) is 0. The predicted molar refractivity (Wildman–Crippen MR) is 362 cm³/mol. The number of rotatable bonds is 63. The average molecular weight is 1150 g/mol. The molecule has 6 nitrogen and oxygen atoms in total. The van der Waals surface area contributed by atoms with Crippen LogP contribution in [0.4, 0.5) is 0 Å². The molecule has 0 spiro atoms. The monoisotopic (exact) mass is 1150 g/mol. The van der Waals surface area contributed by atoms with E-state index in [9.17, 15) is 14.4 Å². The van der Waals surface area contributed by atoms with Crippen molar-refractivity contribution >= 4 is 17.9 Å². The van der Waals surface area contributed by atoms with Crippen LogP contribution in [0.5, 0.6) is 0 Å². The average Bonchev–Trinajstić information content (AvgIpc) is 3.49. The lowest BCUT2D eigenvalue weighted by molar-refractivity contribution is -0.167. The van der Waals surface area contributed by atoms with Gasteiger partial charge >= 0.3 is 17.9 Å². The number of allylic oxidation sites excluding steroid dienone is 20. The third-order valence-electron chi connectivity index (χ3n) is 14.9. The Hall–Kier alpha value is -4.19. The molecular formula is C77H130O6. The molecule has 0 N–H and O–H groups in total. The third kappa shape index (κ3) is 68.5. The van der Waals surface area contributed by atoms with E-state index < -0.39 is 6.10 Å². The number of unbranched alkanes of at least 4 members (excludes halogenated alkanes) is 32. The molecule has 6 heteroatoms. The molecule has 83 heavy (non-hydrogen) atoms. The summed E-state index contributed by atoms with van der Waals surface area (Å²) in [4.78, 5) is 38.5. The van der Waals surface area contributed by atoms with E-state index in [1.54, 1.807) is 0 Å². The van der Waals surface area contributed by atoms with E-state index in [0.717, 1.165) is 116 Å². The Labute approximate surface area is 513 Å². The van der Waals surface area contributed by atoms with Gasteiger partial charge in [0.1, 0.15) is 13.2 Å². The topological polar surface area (TPSA) is 78.9 Å². The molecule has 1 unspecified atom stereocenters. The summed E-state index contributed by atoms with van der Waals surface area (Å²) in [5, 5.41) is 0. The van der Waals surface area contributed by atoms with Gasteiger partial charge < -0.3 is 14.2 Å². The van der Waals surface area contributed by atoms with Crippen molar-refractivity contribution in [1.29, 1.82) is 0 Å². The van der Waals surface area contributed by atoms with Gasteiger partial charge in [0.2, 0.25) is 0 Å². The molecule has 0 rings (SSSR count). The molecule has 0 aliphatic rings. The van der Waals surface area contributed by atoms with E-state index in [-0.39, 0.29) is 31.1 Å². The van der Waals surface area contributed by atoms with Gasteiger partial charge in [-0.15, -0.1) is 0 Å². The highest BCUT2D eigenvalue weighted by molar-refractivity contribution is 5.71. The van der Waals surface area contributed by atoms with Gasteiger partial charge in [-0.05, 0) is 135 Å². The van der Waals surface area contributed by atoms with Crippen LogP contribution >= 0.6 is 0 Å². The van der Waals surface area contributed by atoms with E-state index in [1.807, 2.05) is 0 Å². The quantitative estimate of drug-likeness (QED) is 0.0261. The van der Waals surface area contributed by atoms with Crippen LogP contribution in [-0.4, -0.2) is 37.2 Å². The molecule has 0 heterocycles. The first-order valence-electron chi connectivity index (χ1n) is 35.0. The minimum absolute atomic E-state index is 0.0860. The first kappa shape index (κ1) is 78.8. The van der Waals surface area contributed by atoms with E-state index >= 15 is 0 Å². The van der Waals surface area contributed by atoms with Crippen LogP contribution in [0.3, 0.4) is 0 Å². The lowest BCUT2D eigenvalue weighted by Gasteiger charge is -2.18. The van der Waals surface area contributed by atoms with Gasteiger partial charge in [-0.1, -0.05) is 296 Å². The van der Waals surface area contributed by atoms with Crippen LogP contribution in [0.15, 0.2) is 122 Å². The second-order valence-corrected chi connectivity index (χ2v) is 23.1. The Balaban J connectivity index is 4.39. The number of carbonyl (C=O) groups is 3. The summed E-state index contributed by atoms with van der Waals surface area (Å²) in [5.74, 6) is -0.895. The van der Waals surface area contributed by atoms with Crippen molar-refractivity contribution < 1.29 is 28.6 Å². The number of carbonyl (C=O) groups excluding carboxylic acids is 3. The van der Waals surface area contributed by atoms with Crippen LogP contribution in [0, 0.1) is 0 Å². The summed E-state index contributed by atoms with van der Waals surface area (Å²) in [6, 6.07) is 0. The van der Waals surface area contributed by atoms with Crippen molar-refractivity contribution in [2.75, 3.05) is 13.2 Å². The SMILES string of the molecule is CC/C=C\C/C=C\C/C=C\C/C=C\C/C=C\C/C=C\C/C=C\CCCCCCCCCC(=O)OCC(COC(=O)CCCCCCCCC/C=C\CCCCCCCC)OC(=O)CCCCCCCCCCC/C=C\C/C=C\CCCCC. The Morgan fingerprint density at radius 1 is 0.253 bits per heavy atom. The highest BCUT2D eigenvalue weighted by Gasteiger charge is 2.19. The first-order valence-corrected chi connectivity index (χ1v) is 35.0. The standard InChI is InChI=1S/C77H130O6/c1-4-7-10-13-16-19-22-25-28-31-33-34-35-36-37-38-39-40-41-42-44-46-49-52-55-58-61-64-67-70-76(79)82-73-74(72-81-75(78)69-66-63-60-57-54-51-48-45-30-27-24-21-18-15-12-9-6-3)83-77(80)71-68-65-62-59-56-53-50-47-43-32-29-26-23-20-17-14-11-8-5-2/h7,10,16-17,19-20,25-30,33-34,36-37,39-40,42,44,74H,4-6,8-9,11-15,18,21-24,31-32,35,38,41,43,45-73H2,1-3H3/b10-7-,19-16-,20-17-,28-25-,29-26-,30-27-,34-33-,37-36-,40-39-,44-42-. The molecular weight excluding hydrogens is 1020 g/mol. The van der Waals surface area contributed by atoms with Gasteiger partial charge in [-0.3, -0.25) is 14.4 Å². The lowest BCUT2D eigenvalue weighted by atomic mass is 10.1. The maximum Gasteiger partial charge on any atom is 0.306 e. The van der Waals surface area contributed by atoms with Crippen molar-refractivity contribution in [1.82, 2.24) is 0 Å². The summed E-state index contributed by atoms with van der Waals surface area (Å²) in [7, 11) is 0. The van der Waals surface area contributed by atoms with E-state index in [4.69, 9.17) is 14.2 Å². The molecule has 0 aliphatic heterocycles. The largest absolute Gasteiger partial charge is 0.462 e. The van der Waals surface area contributed by atoms with Crippen LogP contribution < -0.4 is 0 Å². The number of esters is 3. The lowest BCUT2D eigenvalue weighted by Crippen LogP contribution is -2.30. The van der Waals surface area contributed by atoms with Gasteiger partial charge in [-0.2, -0.15) is 0 Å². The highest BCUT2D eigenvalue weighted by atomic mass is 16.6. The molecule has 0 aromatic rings. The minimum atomic E-state index is -0.792. The fourth-order valence-electron chi connectivity index (χ4n) is 9.68. The molecule has 1 atom stereocenters. The zero-order valence-corrected chi connectivity index (χ0v) is 54.4. The number of hydrogen-bond donors (Lipinski definition) is 0. The van der Waals surface area contributed by atoms with Gasteiger partial charge in [0.25, 0.3) is 0 Å². The second kappa shape index (κ2) is 70.3. The van der Waals surface area contributed by atoms with Gasteiger partial charge in [0.15, 0.2) is 6.10 Å². The van der Waals surface area contributed by atoms with Crippen molar-refractivity contribution in [3.63, 3.8) is 0 Å². The van der Waals surface area contributed by atoms with E-state index in [0.29, 0.717) is 19.3 Å². The minimum Gasteiger partial charge on any atom is -0.462 e. The predicted octanol–water partition coefficient (Wildman–Crippen LogP) is 24.3. The zero-order chi connectivity index (χ0) is 59.9. The Bertz CT molecular complexity index is 1700. The maximum absolute atomic E-state index is 13.0. The Kier molecular flexibility index (Phi) is 66.7. The van der Waals surface area contributed by atoms with Gasteiger partial charge in [-0.25, -0.2) is 0 Å². The summed E-state index contributed by atoms with van der Waals surface area (Å²) in [6.45, 7) is 6.51. The highest BCUT2D eigenvalue weighted by Crippen LogP contribution is 2.16.